The summed E-state index contributed by atoms with van der Waals surface area (Å²) in [4.78, 5) is 0. The van der Waals surface area contributed by atoms with Crippen LogP contribution in [0.25, 0.3) is 0 Å². The van der Waals surface area contributed by atoms with Crippen molar-refractivity contribution in [2.45, 2.75) is 45.1 Å². The summed E-state index contributed by atoms with van der Waals surface area (Å²) >= 11 is 0. The molecule has 1 heteroatoms. The van der Waals surface area contributed by atoms with Crippen LogP contribution in [-0.2, 0) is 9.62 Å². The molecule has 0 spiro atoms. The van der Waals surface area contributed by atoms with Crippen LogP contribution in [0.5, 0.6) is 0 Å². The van der Waals surface area contributed by atoms with E-state index in [0.29, 0.717) is 0 Å². The van der Waals surface area contributed by atoms with Gasteiger partial charge in [0, 0.05) is 0 Å². The molecule has 0 unspecified atom stereocenters. The first-order valence-electron chi connectivity index (χ1n) is 5.00. The third-order valence-electron chi connectivity index (χ3n) is 2.77. The number of hydrogen-bond acceptors (Lipinski definition) is 0. The van der Waals surface area contributed by atoms with Gasteiger partial charge in [-0.3, -0.25) is 0 Å². The van der Waals surface area contributed by atoms with E-state index >= 15 is 0 Å². The average Bonchev–Trinajstić information content (AvgIpc) is 2.04. The van der Waals surface area contributed by atoms with E-state index in [9.17, 15) is 0 Å². The molecule has 74 valence electrons. The van der Waals surface area contributed by atoms with Crippen molar-refractivity contribution in [2.75, 3.05) is 0 Å². The third kappa shape index (κ3) is 1.96. The highest BCUT2D eigenvalue weighted by Crippen LogP contribution is 2.25. The zero-order valence-corrected chi connectivity index (χ0v) is 10.2. The van der Waals surface area contributed by atoms with Gasteiger partial charge in [0.25, 0.3) is 0 Å². The maximum atomic E-state index is 2.46. The number of allylic oxidation sites excluding steroid dienone is 3. The lowest BCUT2D eigenvalue weighted by Crippen LogP contribution is -2.32. The summed E-state index contributed by atoms with van der Waals surface area (Å²) in [5.74, 6) is 0. The van der Waals surface area contributed by atoms with E-state index in [2.05, 4.69) is 57.5 Å². The smallest absolute Gasteiger partial charge is 0.0839 e. The van der Waals surface area contributed by atoms with Gasteiger partial charge in [0.15, 0.2) is 0 Å². The van der Waals surface area contributed by atoms with Gasteiger partial charge >= 0.3 is 0 Å². The van der Waals surface area contributed by atoms with Gasteiger partial charge in [0.1, 0.15) is 0 Å². The van der Waals surface area contributed by atoms with Gasteiger partial charge in [-0.15, -0.1) is 0 Å². The summed E-state index contributed by atoms with van der Waals surface area (Å²) in [7, 11) is -0.646. The van der Waals surface area contributed by atoms with E-state index in [1.165, 1.54) is 5.57 Å². The van der Waals surface area contributed by atoms with E-state index in [1.807, 2.05) is 0 Å². The maximum absolute atomic E-state index is 2.46. The Hall–Kier alpha value is -0.300. The predicted octanol–water partition coefficient (Wildman–Crippen LogP) is 3.23. The Balaban J connectivity index is 3.17. The fraction of sp³-hybridized carbons (Fsp3) is 0.583. The van der Waals surface area contributed by atoms with Crippen molar-refractivity contribution in [3.8, 4) is 0 Å². The fourth-order valence-corrected chi connectivity index (χ4v) is 5.06. The zero-order chi connectivity index (χ0) is 10.1. The monoisotopic (exact) mass is 197 g/mol. The number of rotatable bonds is 2. The molecule has 0 aliphatic carbocycles. The highest BCUT2D eigenvalue weighted by atomic mass is 32.2. The first kappa shape index (κ1) is 10.8. The summed E-state index contributed by atoms with van der Waals surface area (Å²) in [6, 6.07) is 0. The molecular weight excluding hydrogens is 176 g/mol. The van der Waals surface area contributed by atoms with Crippen LogP contribution in [0.3, 0.4) is 0 Å². The van der Waals surface area contributed by atoms with Crippen molar-refractivity contribution in [3.05, 3.63) is 23.1 Å². The van der Waals surface area contributed by atoms with Gasteiger partial charge in [-0.1, -0.05) is 9.62 Å². The predicted molar refractivity (Wildman–Crippen MR) is 66.6 cm³/mol. The van der Waals surface area contributed by atoms with E-state index in [-0.39, 0.29) is 0 Å². The molecule has 1 rings (SSSR count). The van der Waals surface area contributed by atoms with Crippen LogP contribution in [0.2, 0.25) is 0 Å². The summed E-state index contributed by atoms with van der Waals surface area (Å²) in [6.07, 6.45) is 4.57. The van der Waals surface area contributed by atoms with Crippen molar-refractivity contribution >= 4 is 15.0 Å². The largest absolute Gasteiger partial charge is 0.0947 e. The molecule has 1 aliphatic heterocycles. The Morgan fingerprint density at radius 3 is 1.92 bits per heavy atom. The molecule has 0 saturated heterocycles. The van der Waals surface area contributed by atoms with Gasteiger partial charge < -0.3 is 0 Å². The lowest BCUT2D eigenvalue weighted by atomic mass is 10.3. The van der Waals surface area contributed by atoms with Crippen LogP contribution in [0.4, 0.5) is 0 Å². The van der Waals surface area contributed by atoms with Gasteiger partial charge in [-0.05, 0) is 52.3 Å². The Morgan fingerprint density at radius 2 is 1.62 bits per heavy atom. The molecule has 0 bridgehead atoms. The van der Waals surface area contributed by atoms with Crippen molar-refractivity contribution in [3.63, 3.8) is 0 Å². The second-order valence-electron chi connectivity index (χ2n) is 4.26. The third-order valence-corrected chi connectivity index (χ3v) is 7.25. The molecule has 13 heavy (non-hydrogen) atoms. The minimum Gasteiger partial charge on any atom is -0.0947 e. The Labute approximate surface area is 83.6 Å². The van der Waals surface area contributed by atoms with E-state index in [0.717, 1.165) is 10.5 Å². The molecule has 0 amide bonds. The minimum absolute atomic E-state index is 0.646. The Kier molecular flexibility index (Phi) is 3.18. The van der Waals surface area contributed by atoms with Crippen LogP contribution >= 0.6 is 0 Å². The fourth-order valence-electron chi connectivity index (χ4n) is 1.72. The second kappa shape index (κ2) is 3.83. The van der Waals surface area contributed by atoms with Gasteiger partial charge in [-0.25, -0.2) is 0 Å². The molecule has 0 aromatic rings. The molecule has 0 fully saturated rings. The van der Waals surface area contributed by atoms with Crippen LogP contribution in [0, 0.1) is 0 Å². The van der Waals surface area contributed by atoms with Crippen molar-refractivity contribution in [1.82, 2.24) is 0 Å². The highest BCUT2D eigenvalue weighted by molar-refractivity contribution is 8.15. The van der Waals surface area contributed by atoms with E-state index in [4.69, 9.17) is 0 Å². The van der Waals surface area contributed by atoms with Crippen molar-refractivity contribution < 1.29 is 0 Å². The van der Waals surface area contributed by atoms with Crippen LogP contribution < -0.4 is 0 Å². The minimum atomic E-state index is -0.646. The highest BCUT2D eigenvalue weighted by Gasteiger charge is 2.28. The molecule has 0 N–H and O–H groups in total. The maximum Gasteiger partial charge on any atom is 0.0839 e. The lowest BCUT2D eigenvalue weighted by Gasteiger charge is -2.26. The van der Waals surface area contributed by atoms with Crippen LogP contribution in [-0.4, -0.2) is 15.9 Å². The average molecular weight is 197 g/mol. The first-order chi connectivity index (χ1) is 5.99. The summed E-state index contributed by atoms with van der Waals surface area (Å²) in [5.41, 5.74) is 1.38. The van der Waals surface area contributed by atoms with E-state index in [1.54, 1.807) is 0 Å². The molecule has 1 aliphatic rings. The summed E-state index contributed by atoms with van der Waals surface area (Å²) in [5, 5.41) is 6.43. The lowest BCUT2D eigenvalue weighted by molar-refractivity contribution is 1.03. The molecule has 0 radical (unpaired) electrons. The zero-order valence-electron chi connectivity index (χ0n) is 9.37. The van der Waals surface area contributed by atoms with Crippen molar-refractivity contribution in [2.24, 2.45) is 0 Å². The molecule has 0 aromatic carbocycles. The first-order valence-corrected chi connectivity index (χ1v) is 6.88. The van der Waals surface area contributed by atoms with E-state index < -0.39 is 9.62 Å². The molecule has 1 heterocycles. The standard InChI is InChI=1S/C12H21S/c1-10(2)13(11(3)4)8-6-12(5)7-9-13/h6-11H,1-5H3/q+1. The molecule has 0 atom stereocenters. The summed E-state index contributed by atoms with van der Waals surface area (Å²) in [6.45, 7) is 11.5. The van der Waals surface area contributed by atoms with Crippen LogP contribution in [0.15, 0.2) is 23.1 Å². The molecule has 0 nitrogen and oxygen atoms in total. The second-order valence-corrected chi connectivity index (χ2v) is 8.33. The normalized spacial score (nSPS) is 20.4. The SMILES string of the molecule is CC1=CC=[S+](C(C)C)(C(C)C)C=C1. The Bertz CT molecular complexity index is 278. The Morgan fingerprint density at radius 1 is 1.08 bits per heavy atom. The number of hydrogen-bond donors (Lipinski definition) is 0. The molecule has 0 saturated carbocycles. The van der Waals surface area contributed by atoms with Crippen molar-refractivity contribution in [1.29, 1.82) is 0 Å². The van der Waals surface area contributed by atoms with Gasteiger partial charge in [0.2, 0.25) is 0 Å². The van der Waals surface area contributed by atoms with Crippen LogP contribution in [0.1, 0.15) is 34.6 Å². The van der Waals surface area contributed by atoms with Gasteiger partial charge in [-0.2, -0.15) is 0 Å². The quantitative estimate of drug-likeness (QED) is 0.471. The molecular formula is C12H21S+. The summed E-state index contributed by atoms with van der Waals surface area (Å²) < 4.78 is 0. The topological polar surface area (TPSA) is 0 Å². The molecule has 0 aromatic heterocycles. The van der Waals surface area contributed by atoms with Gasteiger partial charge in [0.05, 0.1) is 21.3 Å².